The predicted molar refractivity (Wildman–Crippen MR) is 61.1 cm³/mol. The summed E-state index contributed by atoms with van der Waals surface area (Å²) in [4.78, 5) is 11.3. The van der Waals surface area contributed by atoms with Crippen molar-refractivity contribution in [2.45, 2.75) is 26.5 Å². The zero-order valence-electron chi connectivity index (χ0n) is 9.87. The van der Waals surface area contributed by atoms with Gasteiger partial charge in [0.05, 0.1) is 6.61 Å². The fourth-order valence-corrected chi connectivity index (χ4v) is 1.31. The molecule has 0 atom stereocenters. The summed E-state index contributed by atoms with van der Waals surface area (Å²) in [5, 5.41) is 11.5. The lowest BCUT2D eigenvalue weighted by Gasteiger charge is -2.10. The summed E-state index contributed by atoms with van der Waals surface area (Å²) in [5.74, 6) is -0.543. The summed E-state index contributed by atoms with van der Waals surface area (Å²) < 4.78 is 18.2. The average molecular weight is 241 g/mol. The highest BCUT2D eigenvalue weighted by Gasteiger charge is 2.06. The Hall–Kier alpha value is -1.62. The summed E-state index contributed by atoms with van der Waals surface area (Å²) >= 11 is 0. The van der Waals surface area contributed by atoms with Crippen LogP contribution in [-0.4, -0.2) is 23.7 Å². The van der Waals surface area contributed by atoms with E-state index >= 15 is 0 Å². The number of aliphatic hydroxyl groups is 1. The van der Waals surface area contributed by atoms with E-state index in [1.54, 1.807) is 0 Å². The number of carbonyl (C=O) groups is 1. The first-order valence-corrected chi connectivity index (χ1v) is 5.33. The highest BCUT2D eigenvalue weighted by molar-refractivity contribution is 5.77. The van der Waals surface area contributed by atoms with Crippen molar-refractivity contribution in [3.63, 3.8) is 0 Å². The van der Waals surface area contributed by atoms with Crippen molar-refractivity contribution in [1.82, 2.24) is 5.32 Å². The number of amides is 1. The van der Waals surface area contributed by atoms with Crippen molar-refractivity contribution in [3.05, 3.63) is 29.6 Å². The van der Waals surface area contributed by atoms with E-state index in [1.165, 1.54) is 18.2 Å². The van der Waals surface area contributed by atoms with Crippen LogP contribution in [-0.2, 0) is 11.4 Å². The number of ether oxygens (including phenoxy) is 1. The third-order valence-electron chi connectivity index (χ3n) is 1.93. The molecule has 1 aromatic rings. The van der Waals surface area contributed by atoms with Crippen molar-refractivity contribution >= 4 is 5.91 Å². The van der Waals surface area contributed by atoms with Gasteiger partial charge in [-0.05, 0) is 31.5 Å². The number of hydrogen-bond donors (Lipinski definition) is 2. The highest BCUT2D eigenvalue weighted by atomic mass is 19.1. The second kappa shape index (κ2) is 6.20. The Balaban J connectivity index is 2.57. The third kappa shape index (κ3) is 4.82. The predicted octanol–water partition coefficient (Wildman–Crippen LogP) is 1.22. The van der Waals surface area contributed by atoms with E-state index in [2.05, 4.69) is 5.32 Å². The van der Waals surface area contributed by atoms with Gasteiger partial charge in [-0.25, -0.2) is 4.39 Å². The molecule has 0 unspecified atom stereocenters. The van der Waals surface area contributed by atoms with Crippen LogP contribution in [0.3, 0.4) is 0 Å². The molecule has 0 aliphatic carbocycles. The molecule has 0 saturated carbocycles. The first-order chi connectivity index (χ1) is 8.01. The molecule has 94 valence electrons. The second-order valence-corrected chi connectivity index (χ2v) is 3.96. The molecular formula is C12H16FNO3. The normalized spacial score (nSPS) is 10.4. The van der Waals surface area contributed by atoms with Crippen molar-refractivity contribution in [2.75, 3.05) is 6.61 Å². The number of nitrogens with one attached hydrogen (secondary N) is 1. The van der Waals surface area contributed by atoms with Crippen molar-refractivity contribution < 1.29 is 19.0 Å². The highest BCUT2D eigenvalue weighted by Crippen LogP contribution is 2.16. The lowest BCUT2D eigenvalue weighted by atomic mass is 10.2. The van der Waals surface area contributed by atoms with E-state index in [-0.39, 0.29) is 30.9 Å². The Kier molecular flexibility index (Phi) is 4.90. The number of aliphatic hydroxyl groups excluding tert-OH is 1. The van der Waals surface area contributed by atoms with E-state index in [9.17, 15) is 9.18 Å². The van der Waals surface area contributed by atoms with Gasteiger partial charge in [-0.1, -0.05) is 0 Å². The Bertz CT molecular complexity index is 393. The maximum absolute atomic E-state index is 13.1. The standard InChI is InChI=1S/C12H16FNO3/c1-8(2)14-12(16)7-17-11-4-9(6-15)3-10(13)5-11/h3-5,8,15H,6-7H2,1-2H3,(H,14,16). The minimum atomic E-state index is -0.504. The fraction of sp³-hybridized carbons (Fsp3) is 0.417. The van der Waals surface area contributed by atoms with Crippen LogP contribution in [0.5, 0.6) is 5.75 Å². The maximum atomic E-state index is 13.1. The molecular weight excluding hydrogens is 225 g/mol. The van der Waals surface area contributed by atoms with Crippen LogP contribution in [0.1, 0.15) is 19.4 Å². The van der Waals surface area contributed by atoms with Crippen LogP contribution >= 0.6 is 0 Å². The molecule has 0 fully saturated rings. The molecule has 1 aromatic carbocycles. The van der Waals surface area contributed by atoms with Crippen molar-refractivity contribution in [1.29, 1.82) is 0 Å². The summed E-state index contributed by atoms with van der Waals surface area (Å²) in [6.07, 6.45) is 0. The van der Waals surface area contributed by atoms with Gasteiger partial charge in [-0.3, -0.25) is 4.79 Å². The van der Waals surface area contributed by atoms with Crippen LogP contribution in [0.15, 0.2) is 18.2 Å². The topological polar surface area (TPSA) is 58.6 Å². The molecule has 2 N–H and O–H groups in total. The van der Waals surface area contributed by atoms with Gasteiger partial charge in [0.1, 0.15) is 11.6 Å². The van der Waals surface area contributed by atoms with Gasteiger partial charge >= 0.3 is 0 Å². The van der Waals surface area contributed by atoms with E-state index in [1.807, 2.05) is 13.8 Å². The Morgan fingerprint density at radius 1 is 1.47 bits per heavy atom. The van der Waals surface area contributed by atoms with Gasteiger partial charge in [0.2, 0.25) is 0 Å². The Morgan fingerprint density at radius 3 is 2.76 bits per heavy atom. The smallest absolute Gasteiger partial charge is 0.258 e. The lowest BCUT2D eigenvalue weighted by molar-refractivity contribution is -0.123. The van der Waals surface area contributed by atoms with Crippen LogP contribution in [0.25, 0.3) is 0 Å². The molecule has 0 aromatic heterocycles. The van der Waals surface area contributed by atoms with Gasteiger partial charge in [-0.2, -0.15) is 0 Å². The van der Waals surface area contributed by atoms with Crippen LogP contribution in [0.2, 0.25) is 0 Å². The number of benzene rings is 1. The third-order valence-corrected chi connectivity index (χ3v) is 1.93. The van der Waals surface area contributed by atoms with E-state index in [0.29, 0.717) is 5.56 Å². The second-order valence-electron chi connectivity index (χ2n) is 3.96. The zero-order chi connectivity index (χ0) is 12.8. The average Bonchev–Trinajstić information content (AvgIpc) is 2.24. The molecule has 0 saturated heterocycles. The molecule has 0 aliphatic rings. The van der Waals surface area contributed by atoms with E-state index < -0.39 is 5.82 Å². The number of hydrogen-bond acceptors (Lipinski definition) is 3. The quantitative estimate of drug-likeness (QED) is 0.815. The molecule has 4 nitrogen and oxygen atoms in total. The maximum Gasteiger partial charge on any atom is 0.258 e. The van der Waals surface area contributed by atoms with Crippen LogP contribution < -0.4 is 10.1 Å². The summed E-state index contributed by atoms with van der Waals surface area (Å²) in [7, 11) is 0. The zero-order valence-corrected chi connectivity index (χ0v) is 9.87. The molecule has 0 spiro atoms. The summed E-state index contributed by atoms with van der Waals surface area (Å²) in [6, 6.07) is 3.90. The Morgan fingerprint density at radius 2 is 2.18 bits per heavy atom. The fourth-order valence-electron chi connectivity index (χ4n) is 1.31. The van der Waals surface area contributed by atoms with Gasteiger partial charge in [-0.15, -0.1) is 0 Å². The first-order valence-electron chi connectivity index (χ1n) is 5.33. The molecule has 5 heteroatoms. The van der Waals surface area contributed by atoms with E-state index in [4.69, 9.17) is 9.84 Å². The molecule has 0 aliphatic heterocycles. The molecule has 17 heavy (non-hydrogen) atoms. The molecule has 1 rings (SSSR count). The van der Waals surface area contributed by atoms with Gasteiger partial charge in [0.25, 0.3) is 5.91 Å². The number of halogens is 1. The molecule has 0 heterocycles. The van der Waals surface area contributed by atoms with Gasteiger partial charge in [0, 0.05) is 12.1 Å². The minimum Gasteiger partial charge on any atom is -0.484 e. The van der Waals surface area contributed by atoms with Crippen molar-refractivity contribution in [2.24, 2.45) is 0 Å². The largest absolute Gasteiger partial charge is 0.484 e. The lowest BCUT2D eigenvalue weighted by Crippen LogP contribution is -2.34. The summed E-state index contributed by atoms with van der Waals surface area (Å²) in [6.45, 7) is 3.23. The minimum absolute atomic E-state index is 0.0339. The molecule has 1 amide bonds. The van der Waals surface area contributed by atoms with Gasteiger partial charge < -0.3 is 15.2 Å². The molecule has 0 bridgehead atoms. The molecule has 0 radical (unpaired) electrons. The number of rotatable bonds is 5. The van der Waals surface area contributed by atoms with Gasteiger partial charge in [0.15, 0.2) is 6.61 Å². The first kappa shape index (κ1) is 13.4. The van der Waals surface area contributed by atoms with E-state index in [0.717, 1.165) is 0 Å². The monoisotopic (exact) mass is 241 g/mol. The SMILES string of the molecule is CC(C)NC(=O)COc1cc(F)cc(CO)c1. The Labute approximate surface area is 99.4 Å². The summed E-state index contributed by atoms with van der Waals surface area (Å²) in [5.41, 5.74) is 0.407. The number of carbonyl (C=O) groups excluding carboxylic acids is 1. The van der Waals surface area contributed by atoms with Crippen LogP contribution in [0, 0.1) is 5.82 Å². The van der Waals surface area contributed by atoms with Crippen molar-refractivity contribution in [3.8, 4) is 5.75 Å². The van der Waals surface area contributed by atoms with Crippen LogP contribution in [0.4, 0.5) is 4.39 Å².